The number of carbonyl (C=O) groups excluding carboxylic acids is 7. The zero-order chi connectivity index (χ0) is 59.3. The first-order chi connectivity index (χ1) is 40.1. The Labute approximate surface area is 487 Å². The number of aromatic nitrogens is 4. The van der Waals surface area contributed by atoms with Crippen molar-refractivity contribution in [2.75, 3.05) is 39.4 Å². The molecule has 6 heterocycles. The largest absolute Gasteiger partial charge is 0.494 e. The molecule has 20 nitrogen and oxygen atoms in total. The average Bonchev–Trinajstić information content (AvgIpc) is 4.01. The molecule has 4 unspecified atom stereocenters. The summed E-state index contributed by atoms with van der Waals surface area (Å²) in [6.45, 7) is 13.9. The third kappa shape index (κ3) is 18.7. The Morgan fingerprint density at radius 3 is 1.93 bits per heavy atom. The van der Waals surface area contributed by atoms with Crippen LogP contribution in [-0.2, 0) is 60.1 Å². The van der Waals surface area contributed by atoms with Gasteiger partial charge in [0.05, 0.1) is 37.4 Å². The van der Waals surface area contributed by atoms with Crippen LogP contribution in [0, 0.1) is 25.7 Å². The lowest BCUT2D eigenvalue weighted by molar-refractivity contribution is -0.138. The lowest BCUT2D eigenvalue weighted by Gasteiger charge is -2.34. The van der Waals surface area contributed by atoms with Crippen molar-refractivity contribution < 1.29 is 43.0 Å². The number of benzene rings is 3. The predicted octanol–water partition coefficient (Wildman–Crippen LogP) is 6.25. The second kappa shape index (κ2) is 31.3. The highest BCUT2D eigenvalue weighted by atomic mass is 16.5. The molecule has 83 heavy (non-hydrogen) atoms. The first-order valence-corrected chi connectivity index (χ1v) is 29.4. The Morgan fingerprint density at radius 2 is 1.34 bits per heavy atom. The molecule has 5 aromatic rings. The summed E-state index contributed by atoms with van der Waals surface area (Å²) >= 11 is 0. The van der Waals surface area contributed by atoms with E-state index in [1.54, 1.807) is 54.5 Å². The summed E-state index contributed by atoms with van der Waals surface area (Å²) in [4.78, 5) is 105. The van der Waals surface area contributed by atoms with Crippen molar-refractivity contribution >= 4 is 41.4 Å². The fourth-order valence-corrected chi connectivity index (χ4v) is 10.7. The standard InChI is InChI=1S/C36H44N6O5.C25H33N5O4.C2H6/c1-24-10-12-30-19-28(24)21-39-35(45)31(13-11-29-22-37-15-16-38-29)40-36(46)32(41-34(44)25(2)27-8-4-3-5-9-27)20-33(43)42-17-6-7-26(23-42)14-18-47-30;1-17-5-6-21-12-19(17)13-26-25(33)24(20-14-27-29(2)16-20)28-22(31)7-8-23(32)30-10-3-4-18(15-30)9-11-34-21;1-2/h3-5,8-10,12,15-16,19,22,25-26,31-32H,6-7,11,13-14,17-18,20-21,23H2,1-2H3,(H,39,45)(H,40,46)(H,41,44);5-6,12,14,16,18,24H,3-4,7-11,13,15H2,1-2H3,(H,26,33)(H,28,31);1-2H3/t25-,26?,31?,32-;;/m0../s1. The normalized spacial score (nSPS) is 21.7. The monoisotopic (exact) mass is 1140 g/mol. The number of fused-ring (bicyclic) bond motifs is 8. The van der Waals surface area contributed by atoms with E-state index in [9.17, 15) is 33.6 Å². The summed E-state index contributed by atoms with van der Waals surface area (Å²) in [7, 11) is 1.75. The number of aryl methyl sites for hydroxylation is 4. The van der Waals surface area contributed by atoms with E-state index in [1.807, 2.05) is 99.3 Å². The molecule has 2 saturated heterocycles. The van der Waals surface area contributed by atoms with Gasteiger partial charge in [-0.05, 0) is 136 Å². The molecule has 7 amide bonds. The highest BCUT2D eigenvalue weighted by Crippen LogP contribution is 2.26. The summed E-state index contributed by atoms with van der Waals surface area (Å²) in [6.07, 6.45) is 14.1. The Morgan fingerprint density at radius 1 is 0.723 bits per heavy atom. The van der Waals surface area contributed by atoms with Crippen LogP contribution in [0.3, 0.4) is 0 Å². The van der Waals surface area contributed by atoms with Gasteiger partial charge in [0, 0.05) is 89.5 Å². The van der Waals surface area contributed by atoms with Crippen molar-refractivity contribution in [3.63, 3.8) is 0 Å². The third-order valence-electron chi connectivity index (χ3n) is 15.7. The SMILES string of the molecule is CC.Cc1ccc2cc1CNC(=O)C(CCc1cnccn1)NC(=O)[C@@H](NC(=O)[C@@H](C)c1ccccc1)CC(=O)N1CCCC(CCO2)C1.Cc1ccc2cc1CNC(=O)C(c1cnn(C)c1)NC(=O)CCC(=O)N1CCCC(CCO2)C1. The smallest absolute Gasteiger partial charge is 0.247 e. The second-order valence-electron chi connectivity index (χ2n) is 21.7. The van der Waals surface area contributed by atoms with Gasteiger partial charge < -0.3 is 45.9 Å². The van der Waals surface area contributed by atoms with E-state index in [4.69, 9.17) is 9.47 Å². The molecule has 2 fully saturated rings. The third-order valence-corrected chi connectivity index (χ3v) is 15.7. The molecule has 3 aromatic carbocycles. The van der Waals surface area contributed by atoms with Crippen molar-refractivity contribution in [3.8, 4) is 11.5 Å². The molecule has 444 valence electrons. The van der Waals surface area contributed by atoms with Crippen molar-refractivity contribution in [1.82, 2.24) is 56.1 Å². The molecule has 0 aliphatic carbocycles. The molecule has 4 aliphatic rings. The van der Waals surface area contributed by atoms with Gasteiger partial charge in [-0.25, -0.2) is 0 Å². The van der Waals surface area contributed by atoms with Crippen LogP contribution in [0.5, 0.6) is 11.5 Å². The Balaban J connectivity index is 0.000000243. The van der Waals surface area contributed by atoms with Gasteiger partial charge in [0.25, 0.3) is 0 Å². The molecule has 4 aliphatic heterocycles. The molecular formula is C63H83N11O9. The number of carbonyl (C=O) groups is 7. The summed E-state index contributed by atoms with van der Waals surface area (Å²) in [5, 5.41) is 18.5. The average molecular weight is 1140 g/mol. The maximum atomic E-state index is 14.0. The molecule has 20 heteroatoms. The van der Waals surface area contributed by atoms with Gasteiger partial charge >= 0.3 is 0 Å². The number of hydrogen-bond acceptors (Lipinski definition) is 12. The van der Waals surface area contributed by atoms with Crippen LogP contribution in [0.4, 0.5) is 0 Å². The molecular weight excluding hydrogens is 1050 g/mol. The van der Waals surface area contributed by atoms with Gasteiger partial charge in [-0.2, -0.15) is 5.10 Å². The highest BCUT2D eigenvalue weighted by Gasteiger charge is 2.34. The quantitative estimate of drug-likeness (QED) is 0.121. The van der Waals surface area contributed by atoms with Gasteiger partial charge in [-0.3, -0.25) is 48.2 Å². The van der Waals surface area contributed by atoms with Crippen LogP contribution in [0.1, 0.15) is 136 Å². The van der Waals surface area contributed by atoms with E-state index in [0.29, 0.717) is 63.0 Å². The maximum absolute atomic E-state index is 14.0. The number of ether oxygens (including phenoxy) is 2. The molecule has 0 radical (unpaired) electrons. The van der Waals surface area contributed by atoms with Crippen LogP contribution in [-0.4, -0.2) is 122 Å². The number of piperidine rings is 2. The highest BCUT2D eigenvalue weighted by molar-refractivity contribution is 5.96. The predicted molar refractivity (Wildman–Crippen MR) is 313 cm³/mol. The molecule has 5 N–H and O–H groups in total. The number of amides is 7. The van der Waals surface area contributed by atoms with Crippen molar-refractivity contribution in [1.29, 1.82) is 0 Å². The molecule has 9 rings (SSSR count). The van der Waals surface area contributed by atoms with Gasteiger partial charge in [0.2, 0.25) is 41.4 Å². The second-order valence-corrected chi connectivity index (χ2v) is 21.7. The van der Waals surface area contributed by atoms with Crippen LogP contribution in [0.2, 0.25) is 0 Å². The minimum atomic E-state index is -1.17. The van der Waals surface area contributed by atoms with Crippen molar-refractivity contribution in [3.05, 3.63) is 137 Å². The summed E-state index contributed by atoms with van der Waals surface area (Å²) in [5.41, 5.74) is 5.96. The number of rotatable bonds is 7. The van der Waals surface area contributed by atoms with Crippen LogP contribution in [0.25, 0.3) is 0 Å². The molecule has 6 atom stereocenters. The summed E-state index contributed by atoms with van der Waals surface area (Å²) in [5.74, 6) is -0.674. The van der Waals surface area contributed by atoms with E-state index >= 15 is 0 Å². The lowest BCUT2D eigenvalue weighted by atomic mass is 9.94. The fourth-order valence-electron chi connectivity index (χ4n) is 10.7. The van der Waals surface area contributed by atoms with Crippen LogP contribution in [0.15, 0.2) is 97.7 Å². The number of nitrogens with one attached hydrogen (secondary N) is 5. The minimum absolute atomic E-state index is 0.0209. The van der Waals surface area contributed by atoms with Gasteiger partial charge in [0.1, 0.15) is 29.6 Å². The zero-order valence-electron chi connectivity index (χ0n) is 49.0. The van der Waals surface area contributed by atoms with Gasteiger partial charge in [-0.15, -0.1) is 0 Å². The van der Waals surface area contributed by atoms with Crippen LogP contribution >= 0.6 is 0 Å². The fraction of sp³-hybridized carbons (Fsp3) is 0.492. The number of hydrogen-bond donors (Lipinski definition) is 5. The minimum Gasteiger partial charge on any atom is -0.494 e. The van der Waals surface area contributed by atoms with Crippen LogP contribution < -0.4 is 36.1 Å². The number of nitrogens with zero attached hydrogens (tertiary/aromatic N) is 6. The molecule has 0 spiro atoms. The van der Waals surface area contributed by atoms with E-state index in [0.717, 1.165) is 84.4 Å². The zero-order valence-corrected chi connectivity index (χ0v) is 49.0. The van der Waals surface area contributed by atoms with E-state index in [-0.39, 0.29) is 73.6 Å². The lowest BCUT2D eigenvalue weighted by Crippen LogP contribution is -2.55. The molecule has 0 saturated carbocycles. The Hall–Kier alpha value is -8.16. The Bertz CT molecular complexity index is 2970. The topological polar surface area (TPSA) is 248 Å². The van der Waals surface area contributed by atoms with E-state index in [2.05, 4.69) is 41.7 Å². The van der Waals surface area contributed by atoms with Crippen molar-refractivity contribution in [2.24, 2.45) is 18.9 Å². The molecule has 2 aromatic heterocycles. The first kappa shape index (κ1) is 62.4. The first-order valence-electron chi connectivity index (χ1n) is 29.4. The summed E-state index contributed by atoms with van der Waals surface area (Å²) < 4.78 is 13.7. The van der Waals surface area contributed by atoms with Gasteiger partial charge in [-0.1, -0.05) is 56.3 Å². The molecule has 8 bridgehead atoms. The Kier molecular flexibility index (Phi) is 23.6. The van der Waals surface area contributed by atoms with Crippen molar-refractivity contribution in [2.45, 2.75) is 142 Å². The van der Waals surface area contributed by atoms with E-state index < -0.39 is 30.0 Å². The van der Waals surface area contributed by atoms with E-state index in [1.165, 1.54) is 0 Å². The summed E-state index contributed by atoms with van der Waals surface area (Å²) in [6, 6.07) is 17.9. The van der Waals surface area contributed by atoms with Gasteiger partial charge in [0.15, 0.2) is 0 Å². The maximum Gasteiger partial charge on any atom is 0.247 e.